The first kappa shape index (κ1) is 17.9. The Morgan fingerprint density at radius 3 is 2.65 bits per heavy atom. The highest BCUT2D eigenvalue weighted by atomic mass is 79.9. The van der Waals surface area contributed by atoms with Crippen molar-refractivity contribution in [1.82, 2.24) is 0 Å². The van der Waals surface area contributed by atoms with Crippen molar-refractivity contribution in [2.75, 3.05) is 7.11 Å². The van der Waals surface area contributed by atoms with E-state index < -0.39 is 11.9 Å². The number of benzene rings is 2. The normalized spacial score (nSPS) is 14.8. The molecule has 0 bridgehead atoms. The van der Waals surface area contributed by atoms with Crippen LogP contribution < -0.4 is 9.47 Å². The molecule has 0 saturated heterocycles. The van der Waals surface area contributed by atoms with E-state index in [2.05, 4.69) is 20.9 Å². The fourth-order valence-corrected chi connectivity index (χ4v) is 2.79. The molecule has 0 radical (unpaired) electrons. The fraction of sp³-hybridized carbons (Fsp3) is 0.105. The van der Waals surface area contributed by atoms with E-state index in [9.17, 15) is 9.59 Å². The lowest BCUT2D eigenvalue weighted by Crippen LogP contribution is -2.06. The second kappa shape index (κ2) is 7.53. The van der Waals surface area contributed by atoms with Crippen molar-refractivity contribution < 1.29 is 23.8 Å². The molecule has 1 heterocycles. The molecule has 0 N–H and O–H groups in total. The van der Waals surface area contributed by atoms with Gasteiger partial charge in [-0.3, -0.25) is 4.79 Å². The predicted octanol–water partition coefficient (Wildman–Crippen LogP) is 3.73. The van der Waals surface area contributed by atoms with E-state index in [-0.39, 0.29) is 17.3 Å². The number of halogens is 1. The summed E-state index contributed by atoms with van der Waals surface area (Å²) in [6.07, 6.45) is 1.55. The first-order valence-corrected chi connectivity index (χ1v) is 8.41. The molecule has 0 fully saturated rings. The molecule has 3 rings (SSSR count). The molecule has 1 aliphatic heterocycles. The Hall–Kier alpha value is -2.93. The molecular formula is C19H14BrNO5. The maximum atomic E-state index is 12.1. The summed E-state index contributed by atoms with van der Waals surface area (Å²) in [5.74, 6) is -0.129. The first-order chi connectivity index (χ1) is 12.5. The van der Waals surface area contributed by atoms with Crippen LogP contribution >= 0.6 is 15.9 Å². The number of methoxy groups -OCH3 is 1. The Balaban J connectivity index is 1.96. The minimum absolute atomic E-state index is 0.148. The summed E-state index contributed by atoms with van der Waals surface area (Å²) >= 11 is 3.41. The van der Waals surface area contributed by atoms with Crippen molar-refractivity contribution in [3.05, 3.63) is 63.8 Å². The van der Waals surface area contributed by atoms with Crippen molar-refractivity contribution in [3.63, 3.8) is 0 Å². The summed E-state index contributed by atoms with van der Waals surface area (Å²) in [7, 11) is 1.48. The van der Waals surface area contributed by atoms with Gasteiger partial charge in [-0.1, -0.05) is 18.2 Å². The maximum absolute atomic E-state index is 12.1. The topological polar surface area (TPSA) is 74.2 Å². The molecule has 0 aliphatic carbocycles. The van der Waals surface area contributed by atoms with E-state index in [0.717, 1.165) is 4.47 Å². The third kappa shape index (κ3) is 3.83. The second-order valence-electron chi connectivity index (χ2n) is 5.32. The van der Waals surface area contributed by atoms with Crippen molar-refractivity contribution >= 4 is 39.8 Å². The number of ether oxygens (including phenoxy) is 3. The number of cyclic esters (lactones) is 1. The molecule has 26 heavy (non-hydrogen) atoms. The summed E-state index contributed by atoms with van der Waals surface area (Å²) in [5, 5.41) is 0. The molecule has 1 aliphatic rings. The lowest BCUT2D eigenvalue weighted by Gasteiger charge is -2.08. The summed E-state index contributed by atoms with van der Waals surface area (Å²) in [6.45, 7) is 1.30. The van der Waals surface area contributed by atoms with Crippen LogP contribution in [0.3, 0.4) is 0 Å². The first-order valence-electron chi connectivity index (χ1n) is 7.62. The van der Waals surface area contributed by atoms with Gasteiger partial charge in [0.2, 0.25) is 5.90 Å². The van der Waals surface area contributed by atoms with Gasteiger partial charge in [-0.2, -0.15) is 0 Å². The minimum Gasteiger partial charge on any atom is -0.493 e. The maximum Gasteiger partial charge on any atom is 0.363 e. The van der Waals surface area contributed by atoms with Crippen molar-refractivity contribution in [3.8, 4) is 11.5 Å². The number of carbonyl (C=O) groups is 2. The van der Waals surface area contributed by atoms with E-state index in [1.165, 1.54) is 14.0 Å². The van der Waals surface area contributed by atoms with Crippen LogP contribution in [0.2, 0.25) is 0 Å². The molecule has 6 nitrogen and oxygen atoms in total. The van der Waals surface area contributed by atoms with Gasteiger partial charge in [-0.15, -0.1) is 0 Å². The average Bonchev–Trinajstić information content (AvgIpc) is 2.95. The van der Waals surface area contributed by atoms with Crippen LogP contribution in [0.4, 0.5) is 0 Å². The highest BCUT2D eigenvalue weighted by Gasteiger charge is 2.25. The van der Waals surface area contributed by atoms with Gasteiger partial charge in [0, 0.05) is 11.4 Å². The number of rotatable bonds is 4. The SMILES string of the molecule is COc1ccc(C=C2N=C(c3ccccc3Br)OC2=O)cc1OC(C)=O. The van der Waals surface area contributed by atoms with Crippen LogP contribution in [0.1, 0.15) is 18.1 Å². The third-order valence-corrected chi connectivity index (χ3v) is 4.16. The van der Waals surface area contributed by atoms with E-state index in [4.69, 9.17) is 14.2 Å². The van der Waals surface area contributed by atoms with Gasteiger partial charge >= 0.3 is 11.9 Å². The fourth-order valence-electron chi connectivity index (χ4n) is 2.33. The Morgan fingerprint density at radius 2 is 1.96 bits per heavy atom. The van der Waals surface area contributed by atoms with Gasteiger partial charge in [-0.25, -0.2) is 9.79 Å². The summed E-state index contributed by atoms with van der Waals surface area (Å²) in [6, 6.07) is 12.3. The summed E-state index contributed by atoms with van der Waals surface area (Å²) in [4.78, 5) is 27.6. The number of hydrogen-bond acceptors (Lipinski definition) is 6. The van der Waals surface area contributed by atoms with Crippen LogP contribution in [0.15, 0.2) is 57.6 Å². The molecule has 2 aromatic rings. The van der Waals surface area contributed by atoms with Gasteiger partial charge in [0.25, 0.3) is 0 Å². The molecule has 0 amide bonds. The predicted molar refractivity (Wildman–Crippen MR) is 99.1 cm³/mol. The van der Waals surface area contributed by atoms with E-state index in [1.54, 1.807) is 30.3 Å². The summed E-state index contributed by atoms with van der Waals surface area (Å²) in [5.41, 5.74) is 1.44. The molecule has 0 aromatic heterocycles. The summed E-state index contributed by atoms with van der Waals surface area (Å²) < 4.78 is 16.3. The average molecular weight is 416 g/mol. The van der Waals surface area contributed by atoms with Gasteiger partial charge in [0.05, 0.1) is 12.7 Å². The van der Waals surface area contributed by atoms with Crippen LogP contribution in [-0.4, -0.2) is 24.9 Å². The standard InChI is InChI=1S/C19H14BrNO5/c1-11(22)25-17-10-12(7-8-16(17)24-2)9-15-19(23)26-18(21-15)13-5-3-4-6-14(13)20/h3-10H,1-2H3. The number of carbonyl (C=O) groups excluding carboxylic acids is 2. The quantitative estimate of drug-likeness (QED) is 0.432. The smallest absolute Gasteiger partial charge is 0.363 e. The Morgan fingerprint density at radius 1 is 1.19 bits per heavy atom. The van der Waals surface area contributed by atoms with Crippen LogP contribution in [-0.2, 0) is 14.3 Å². The van der Waals surface area contributed by atoms with Gasteiger partial charge in [0.15, 0.2) is 17.2 Å². The van der Waals surface area contributed by atoms with Crippen molar-refractivity contribution in [2.45, 2.75) is 6.92 Å². The Labute approximate surface area is 158 Å². The third-order valence-electron chi connectivity index (χ3n) is 3.47. The Kier molecular flexibility index (Phi) is 5.18. The molecule has 7 heteroatoms. The molecule has 0 spiro atoms. The largest absolute Gasteiger partial charge is 0.493 e. The monoisotopic (exact) mass is 415 g/mol. The van der Waals surface area contributed by atoms with Crippen molar-refractivity contribution in [2.24, 2.45) is 4.99 Å². The Bertz CT molecular complexity index is 949. The molecule has 0 saturated carbocycles. The zero-order valence-corrected chi connectivity index (χ0v) is 15.6. The van der Waals surface area contributed by atoms with E-state index in [0.29, 0.717) is 16.9 Å². The number of esters is 2. The van der Waals surface area contributed by atoms with E-state index >= 15 is 0 Å². The second-order valence-corrected chi connectivity index (χ2v) is 6.17. The van der Waals surface area contributed by atoms with Gasteiger partial charge in [-0.05, 0) is 51.8 Å². The number of nitrogens with zero attached hydrogens (tertiary/aromatic N) is 1. The highest BCUT2D eigenvalue weighted by molar-refractivity contribution is 9.10. The molecular weight excluding hydrogens is 402 g/mol. The minimum atomic E-state index is -0.555. The zero-order valence-electron chi connectivity index (χ0n) is 14.0. The molecule has 0 atom stereocenters. The lowest BCUT2D eigenvalue weighted by atomic mass is 10.1. The van der Waals surface area contributed by atoms with Crippen LogP contribution in [0.25, 0.3) is 6.08 Å². The van der Waals surface area contributed by atoms with Crippen LogP contribution in [0, 0.1) is 0 Å². The highest BCUT2D eigenvalue weighted by Crippen LogP contribution is 2.30. The number of aliphatic imine (C=N–C) groups is 1. The van der Waals surface area contributed by atoms with E-state index in [1.807, 2.05) is 18.2 Å². The molecule has 0 unspecified atom stereocenters. The zero-order chi connectivity index (χ0) is 18.7. The van der Waals surface area contributed by atoms with Gasteiger partial charge < -0.3 is 14.2 Å². The van der Waals surface area contributed by atoms with Crippen LogP contribution in [0.5, 0.6) is 11.5 Å². The molecule has 132 valence electrons. The lowest BCUT2D eigenvalue weighted by molar-refractivity contribution is -0.132. The van der Waals surface area contributed by atoms with Gasteiger partial charge in [0.1, 0.15) is 0 Å². The van der Waals surface area contributed by atoms with Crippen molar-refractivity contribution in [1.29, 1.82) is 0 Å². The number of hydrogen-bond donors (Lipinski definition) is 0. The molecule has 2 aromatic carbocycles.